The molecule has 1 saturated heterocycles. The lowest BCUT2D eigenvalue weighted by Crippen LogP contribution is -2.42. The molecule has 0 saturated carbocycles. The van der Waals surface area contributed by atoms with Crippen molar-refractivity contribution in [2.24, 2.45) is 0 Å². The summed E-state index contributed by atoms with van der Waals surface area (Å²) < 4.78 is 5.35. The maximum atomic E-state index is 12.5. The third kappa shape index (κ3) is 3.27. The Morgan fingerprint density at radius 2 is 1.96 bits per heavy atom. The summed E-state index contributed by atoms with van der Waals surface area (Å²) in [5, 5.41) is 10.7. The summed E-state index contributed by atoms with van der Waals surface area (Å²) in [4.78, 5) is 25.7. The van der Waals surface area contributed by atoms with Gasteiger partial charge in [0.1, 0.15) is 6.10 Å². The minimum atomic E-state index is -0.359. The fourth-order valence-electron chi connectivity index (χ4n) is 3.58. The number of rotatable bonds is 3. The van der Waals surface area contributed by atoms with Gasteiger partial charge in [0.05, 0.1) is 29.1 Å². The lowest BCUT2D eigenvalue weighted by atomic mass is 9.80. The van der Waals surface area contributed by atoms with Gasteiger partial charge in [0.15, 0.2) is 5.78 Å². The van der Waals surface area contributed by atoms with Crippen LogP contribution in [0.5, 0.6) is 0 Å². The summed E-state index contributed by atoms with van der Waals surface area (Å²) in [6.45, 7) is 5.28. The van der Waals surface area contributed by atoms with Crippen molar-refractivity contribution in [3.8, 4) is 6.07 Å². The predicted molar refractivity (Wildman–Crippen MR) is 99.9 cm³/mol. The Morgan fingerprint density at radius 1 is 1.27 bits per heavy atom. The smallest absolute Gasteiger partial charge is 0.302 e. The molecular formula is C20H20N2O3S. The number of hydrogen-bond donors (Lipinski definition) is 0. The Morgan fingerprint density at radius 3 is 2.54 bits per heavy atom. The van der Waals surface area contributed by atoms with E-state index in [0.29, 0.717) is 23.4 Å². The van der Waals surface area contributed by atoms with E-state index in [2.05, 4.69) is 6.07 Å². The van der Waals surface area contributed by atoms with Crippen LogP contribution in [0.3, 0.4) is 0 Å². The molecule has 0 aliphatic carbocycles. The zero-order valence-electron chi connectivity index (χ0n) is 15.0. The second-order valence-corrected chi connectivity index (χ2v) is 7.39. The Kier molecular flexibility index (Phi) is 5.19. The maximum Gasteiger partial charge on any atom is 0.302 e. The van der Waals surface area contributed by atoms with Gasteiger partial charge in [-0.2, -0.15) is 5.26 Å². The van der Waals surface area contributed by atoms with Crippen molar-refractivity contribution in [1.82, 2.24) is 4.90 Å². The summed E-state index contributed by atoms with van der Waals surface area (Å²) in [5.74, 6) is -0.137. The van der Waals surface area contributed by atoms with E-state index in [0.717, 1.165) is 16.3 Å². The standard InChI is InChI=1S/C20H20N2O3S/c1-12-18(13(2)23)19(15-7-5-4-6-8-15)17(9-21)20-22(12)10-16(11-26-20)25-14(3)24/h4-8,16,19H,10-11H2,1-3H3. The van der Waals surface area contributed by atoms with Crippen molar-refractivity contribution in [1.29, 1.82) is 5.26 Å². The topological polar surface area (TPSA) is 70.4 Å². The van der Waals surface area contributed by atoms with Crippen LogP contribution in [0.25, 0.3) is 0 Å². The number of hydrogen-bond acceptors (Lipinski definition) is 6. The van der Waals surface area contributed by atoms with Crippen molar-refractivity contribution in [3.05, 3.63) is 57.8 Å². The third-order valence-corrected chi connectivity index (χ3v) is 5.86. The van der Waals surface area contributed by atoms with Crippen LogP contribution in [0.1, 0.15) is 32.3 Å². The van der Waals surface area contributed by atoms with Gasteiger partial charge >= 0.3 is 5.97 Å². The van der Waals surface area contributed by atoms with Crippen LogP contribution in [-0.2, 0) is 14.3 Å². The average molecular weight is 368 g/mol. The van der Waals surface area contributed by atoms with Gasteiger partial charge in [-0.15, -0.1) is 11.8 Å². The molecule has 0 radical (unpaired) electrons. The van der Waals surface area contributed by atoms with Gasteiger partial charge < -0.3 is 9.64 Å². The Balaban J connectivity index is 2.10. The summed E-state index contributed by atoms with van der Waals surface area (Å²) >= 11 is 1.51. The molecular weight excluding hydrogens is 348 g/mol. The first-order chi connectivity index (χ1) is 12.4. The number of fused-ring (bicyclic) bond motifs is 1. The fraction of sp³-hybridized carbons (Fsp3) is 0.350. The Hall–Kier alpha value is -2.52. The van der Waals surface area contributed by atoms with Gasteiger partial charge in [0, 0.05) is 23.9 Å². The van der Waals surface area contributed by atoms with E-state index in [1.807, 2.05) is 42.2 Å². The molecule has 2 aliphatic rings. The zero-order valence-corrected chi connectivity index (χ0v) is 15.8. The first-order valence-electron chi connectivity index (χ1n) is 8.42. The van der Waals surface area contributed by atoms with Gasteiger partial charge in [-0.25, -0.2) is 0 Å². The highest BCUT2D eigenvalue weighted by molar-refractivity contribution is 8.03. The SMILES string of the molecule is CC(=O)OC1CSC2=C(C#N)C(c3ccccc3)C(C(C)=O)=C(C)N2C1. The maximum absolute atomic E-state index is 12.5. The van der Waals surface area contributed by atoms with Crippen LogP contribution in [0.4, 0.5) is 0 Å². The molecule has 0 N–H and O–H groups in total. The highest BCUT2D eigenvalue weighted by atomic mass is 32.2. The third-order valence-electron chi connectivity index (χ3n) is 4.61. The second kappa shape index (κ2) is 7.38. The molecule has 3 rings (SSSR count). The molecule has 2 heterocycles. The molecule has 0 spiro atoms. The van der Waals surface area contributed by atoms with Gasteiger partial charge in [-0.1, -0.05) is 30.3 Å². The molecule has 2 atom stereocenters. The van der Waals surface area contributed by atoms with E-state index in [9.17, 15) is 14.9 Å². The number of ketones is 1. The number of esters is 1. The number of nitrogens with zero attached hydrogens (tertiary/aromatic N) is 2. The number of carbonyl (C=O) groups is 2. The highest BCUT2D eigenvalue weighted by Crippen LogP contribution is 2.47. The monoisotopic (exact) mass is 368 g/mol. The lowest BCUT2D eigenvalue weighted by molar-refractivity contribution is -0.145. The minimum absolute atomic E-state index is 0.0530. The number of allylic oxidation sites excluding steroid dienone is 3. The second-order valence-electron chi connectivity index (χ2n) is 6.38. The lowest BCUT2D eigenvalue weighted by Gasteiger charge is -2.42. The summed E-state index contributed by atoms with van der Waals surface area (Å²) in [5.41, 5.74) is 2.96. The molecule has 26 heavy (non-hydrogen) atoms. The van der Waals surface area contributed by atoms with E-state index < -0.39 is 0 Å². The van der Waals surface area contributed by atoms with Crippen LogP contribution in [0.2, 0.25) is 0 Å². The summed E-state index contributed by atoms with van der Waals surface area (Å²) in [6.07, 6.45) is -0.266. The number of Topliss-reactive ketones (excluding diaryl/α,β-unsaturated/α-hetero) is 1. The molecule has 5 nitrogen and oxygen atoms in total. The molecule has 1 fully saturated rings. The van der Waals surface area contributed by atoms with E-state index in [4.69, 9.17) is 4.74 Å². The zero-order chi connectivity index (χ0) is 18.8. The molecule has 2 unspecified atom stereocenters. The molecule has 0 amide bonds. The first-order valence-corrected chi connectivity index (χ1v) is 9.41. The average Bonchev–Trinajstić information content (AvgIpc) is 2.61. The predicted octanol–water partition coefficient (Wildman–Crippen LogP) is 3.36. The van der Waals surface area contributed by atoms with E-state index in [-0.39, 0.29) is 23.8 Å². The quantitative estimate of drug-likeness (QED) is 0.762. The molecule has 1 aromatic rings. The first kappa shape index (κ1) is 18.3. The highest BCUT2D eigenvalue weighted by Gasteiger charge is 2.39. The number of carbonyl (C=O) groups excluding carboxylic acids is 2. The van der Waals surface area contributed by atoms with E-state index in [1.54, 1.807) is 0 Å². The summed E-state index contributed by atoms with van der Waals surface area (Å²) in [7, 11) is 0. The minimum Gasteiger partial charge on any atom is -0.460 e. The molecule has 0 aromatic heterocycles. The molecule has 0 bridgehead atoms. The van der Waals surface area contributed by atoms with Crippen LogP contribution in [0.15, 0.2) is 52.2 Å². The van der Waals surface area contributed by atoms with Gasteiger partial charge in [0.25, 0.3) is 0 Å². The van der Waals surface area contributed by atoms with Crippen LogP contribution < -0.4 is 0 Å². The Labute approximate surface area is 157 Å². The van der Waals surface area contributed by atoms with E-state index in [1.165, 1.54) is 25.6 Å². The van der Waals surface area contributed by atoms with Crippen molar-refractivity contribution in [2.45, 2.75) is 32.8 Å². The number of thioether (sulfide) groups is 1. The summed E-state index contributed by atoms with van der Waals surface area (Å²) in [6, 6.07) is 12.0. The van der Waals surface area contributed by atoms with Crippen LogP contribution in [0, 0.1) is 11.3 Å². The van der Waals surface area contributed by atoms with Crippen molar-refractivity contribution in [2.75, 3.05) is 12.3 Å². The van der Waals surface area contributed by atoms with E-state index >= 15 is 0 Å². The largest absolute Gasteiger partial charge is 0.460 e. The van der Waals surface area contributed by atoms with Gasteiger partial charge in [-0.05, 0) is 19.4 Å². The van der Waals surface area contributed by atoms with Crippen LogP contribution >= 0.6 is 11.8 Å². The number of ether oxygens (including phenoxy) is 1. The number of nitriles is 1. The van der Waals surface area contributed by atoms with Gasteiger partial charge in [-0.3, -0.25) is 9.59 Å². The van der Waals surface area contributed by atoms with Crippen molar-refractivity contribution in [3.63, 3.8) is 0 Å². The Bertz CT molecular complexity index is 852. The molecule has 6 heteroatoms. The fourth-order valence-corrected chi connectivity index (χ4v) is 4.78. The number of benzene rings is 1. The van der Waals surface area contributed by atoms with Crippen LogP contribution in [-0.4, -0.2) is 35.1 Å². The molecule has 134 valence electrons. The van der Waals surface area contributed by atoms with Crippen molar-refractivity contribution < 1.29 is 14.3 Å². The normalized spacial score (nSPS) is 22.6. The molecule has 1 aromatic carbocycles. The van der Waals surface area contributed by atoms with Gasteiger partial charge in [0.2, 0.25) is 0 Å². The van der Waals surface area contributed by atoms with Crippen molar-refractivity contribution >= 4 is 23.5 Å². The molecule has 2 aliphatic heterocycles.